The molecule has 1 aliphatic heterocycles. The van der Waals surface area contributed by atoms with E-state index in [1.165, 1.54) is 0 Å². The molecule has 0 saturated carbocycles. The van der Waals surface area contributed by atoms with Gasteiger partial charge in [0.15, 0.2) is 5.82 Å². The first-order valence-corrected chi connectivity index (χ1v) is 13.0. The monoisotopic (exact) mass is 516 g/mol. The Bertz CT molecular complexity index is 1240. The number of imidazole rings is 1. The van der Waals surface area contributed by atoms with Crippen molar-refractivity contribution in [3.8, 4) is 0 Å². The molecule has 0 radical (unpaired) electrons. The molecule has 3 aromatic rings. The molecule has 1 aliphatic rings. The molecule has 9 heteroatoms. The van der Waals surface area contributed by atoms with Crippen LogP contribution in [0.25, 0.3) is 0 Å². The van der Waals surface area contributed by atoms with Gasteiger partial charge in [-0.25, -0.2) is 4.98 Å². The van der Waals surface area contributed by atoms with Crippen LogP contribution in [0.15, 0.2) is 73.2 Å². The van der Waals surface area contributed by atoms with Gasteiger partial charge in [-0.1, -0.05) is 67.6 Å². The van der Waals surface area contributed by atoms with Crippen LogP contribution >= 0.6 is 0 Å². The highest BCUT2D eigenvalue weighted by Gasteiger charge is 2.31. The van der Waals surface area contributed by atoms with Crippen LogP contribution < -0.4 is 16.4 Å². The highest BCUT2D eigenvalue weighted by Crippen LogP contribution is 2.26. The van der Waals surface area contributed by atoms with E-state index < -0.39 is 29.4 Å². The van der Waals surface area contributed by atoms with E-state index in [1.807, 2.05) is 41.3 Å². The number of nitrogens with two attached hydrogens (primary N) is 1. The molecule has 1 saturated heterocycles. The molecule has 2 aromatic carbocycles. The number of nitrogens with zero attached hydrogens (tertiary/aromatic N) is 3. The molecule has 9 nitrogen and oxygen atoms in total. The predicted molar refractivity (Wildman–Crippen MR) is 146 cm³/mol. The number of benzene rings is 2. The van der Waals surface area contributed by atoms with E-state index in [0.29, 0.717) is 11.5 Å². The molecule has 3 amide bonds. The summed E-state index contributed by atoms with van der Waals surface area (Å²) in [6.45, 7) is 6.80. The number of amides is 3. The van der Waals surface area contributed by atoms with E-state index >= 15 is 0 Å². The summed E-state index contributed by atoms with van der Waals surface area (Å²) in [7, 11) is 0. The van der Waals surface area contributed by atoms with Crippen LogP contribution in [-0.4, -0.2) is 50.8 Å². The minimum absolute atomic E-state index is 0.00187. The van der Waals surface area contributed by atoms with Crippen LogP contribution in [0.1, 0.15) is 56.8 Å². The number of hydrogen-bond acceptors (Lipinski definition) is 5. The number of anilines is 1. The molecule has 4 rings (SSSR count). The van der Waals surface area contributed by atoms with Crippen LogP contribution in [0.3, 0.4) is 0 Å². The summed E-state index contributed by atoms with van der Waals surface area (Å²) in [4.78, 5) is 45.9. The molecule has 1 fully saturated rings. The Kier molecular flexibility index (Phi) is 8.26. The Morgan fingerprint density at radius 2 is 1.55 bits per heavy atom. The molecule has 4 N–H and O–H groups in total. The summed E-state index contributed by atoms with van der Waals surface area (Å²) >= 11 is 0. The van der Waals surface area contributed by atoms with Gasteiger partial charge in [0.05, 0.1) is 11.9 Å². The summed E-state index contributed by atoms with van der Waals surface area (Å²) in [5.41, 5.74) is 6.24. The van der Waals surface area contributed by atoms with Crippen molar-refractivity contribution in [2.45, 2.75) is 51.2 Å². The van der Waals surface area contributed by atoms with E-state index in [2.05, 4.69) is 22.5 Å². The second kappa shape index (κ2) is 11.6. The van der Waals surface area contributed by atoms with Gasteiger partial charge in [-0.05, 0) is 43.7 Å². The van der Waals surface area contributed by atoms with Gasteiger partial charge in [-0.3, -0.25) is 14.4 Å². The van der Waals surface area contributed by atoms with Gasteiger partial charge in [-0.15, -0.1) is 0 Å². The average molecular weight is 517 g/mol. The molecule has 1 aromatic heterocycles. The molecular weight excluding hydrogens is 480 g/mol. The van der Waals surface area contributed by atoms with Crippen LogP contribution in [-0.2, 0) is 14.4 Å². The van der Waals surface area contributed by atoms with E-state index in [1.54, 1.807) is 55.2 Å². The number of likely N-dealkylation sites (tertiary alicyclic amines) is 1. The lowest BCUT2D eigenvalue weighted by molar-refractivity contribution is -0.135. The highest BCUT2D eigenvalue weighted by molar-refractivity contribution is 5.98. The highest BCUT2D eigenvalue weighted by atomic mass is 16.2. The average Bonchev–Trinajstić information content (AvgIpc) is 3.35. The predicted octanol–water partition coefficient (Wildman–Crippen LogP) is 3.26. The van der Waals surface area contributed by atoms with E-state index in [9.17, 15) is 14.4 Å². The summed E-state index contributed by atoms with van der Waals surface area (Å²) in [5, 5.41) is 5.54. The number of hydrogen-bond donors (Lipinski definition) is 3. The van der Waals surface area contributed by atoms with Crippen molar-refractivity contribution in [3.05, 3.63) is 84.3 Å². The zero-order valence-corrected chi connectivity index (χ0v) is 22.1. The van der Waals surface area contributed by atoms with E-state index in [4.69, 9.17) is 5.73 Å². The number of nitrogens with one attached hydrogen (secondary N) is 2. The van der Waals surface area contributed by atoms with Gasteiger partial charge in [0, 0.05) is 19.3 Å². The molecule has 0 spiro atoms. The molecule has 38 heavy (non-hydrogen) atoms. The Morgan fingerprint density at radius 3 is 2.13 bits per heavy atom. The third kappa shape index (κ3) is 6.47. The Morgan fingerprint density at radius 1 is 0.974 bits per heavy atom. The third-order valence-electron chi connectivity index (χ3n) is 6.85. The van der Waals surface area contributed by atoms with Crippen molar-refractivity contribution >= 4 is 23.5 Å². The summed E-state index contributed by atoms with van der Waals surface area (Å²) in [5.74, 6) is -0.0485. The second-order valence-electron chi connectivity index (χ2n) is 10.6. The minimum Gasteiger partial charge on any atom is -0.341 e. The lowest BCUT2D eigenvalue weighted by atomic mass is 9.97. The molecule has 0 aliphatic carbocycles. The first-order chi connectivity index (χ1) is 18.1. The molecular formula is C29H36N6O3. The standard InChI is InChI=1S/C29H36N6O3/c1-20-14-16-34(17-15-20)27(37)25(22-12-8-5-9-13-22)35-18-23(31-19-35)32-26(36)24(21-10-6-4-7-11-21)33-28(38)29(2,3)30/h4-13,18-20,24-25H,14-17,30H2,1-3H3,(H,32,36)(H,33,38)/t24-,25?/m1/s1. The van der Waals surface area contributed by atoms with Crippen molar-refractivity contribution in [3.63, 3.8) is 0 Å². The van der Waals surface area contributed by atoms with Crippen molar-refractivity contribution < 1.29 is 14.4 Å². The molecule has 2 heterocycles. The van der Waals surface area contributed by atoms with Crippen molar-refractivity contribution in [2.24, 2.45) is 11.7 Å². The molecule has 0 bridgehead atoms. The Labute approximate surface area is 223 Å². The number of carbonyl (C=O) groups is 3. The lowest BCUT2D eigenvalue weighted by Gasteiger charge is -2.33. The van der Waals surface area contributed by atoms with Gasteiger partial charge in [0.2, 0.25) is 11.8 Å². The smallest absolute Gasteiger partial charge is 0.252 e. The van der Waals surface area contributed by atoms with Gasteiger partial charge < -0.3 is 25.8 Å². The number of aromatic nitrogens is 2. The second-order valence-corrected chi connectivity index (χ2v) is 10.6. The van der Waals surface area contributed by atoms with Gasteiger partial charge in [0.1, 0.15) is 12.1 Å². The zero-order chi connectivity index (χ0) is 27.3. The van der Waals surface area contributed by atoms with Crippen LogP contribution in [0.4, 0.5) is 5.82 Å². The fourth-order valence-electron chi connectivity index (χ4n) is 4.48. The van der Waals surface area contributed by atoms with E-state index in [0.717, 1.165) is 31.5 Å². The van der Waals surface area contributed by atoms with E-state index in [-0.39, 0.29) is 11.7 Å². The summed E-state index contributed by atoms with van der Waals surface area (Å²) in [6, 6.07) is 16.9. The Hall–Kier alpha value is -3.98. The number of carbonyl (C=O) groups excluding carboxylic acids is 3. The Balaban J connectivity index is 1.57. The maximum absolute atomic E-state index is 13.7. The summed E-state index contributed by atoms with van der Waals surface area (Å²) in [6.07, 6.45) is 5.16. The molecule has 1 unspecified atom stereocenters. The normalized spacial score (nSPS) is 15.9. The topological polar surface area (TPSA) is 122 Å². The van der Waals surface area contributed by atoms with Crippen LogP contribution in [0.2, 0.25) is 0 Å². The summed E-state index contributed by atoms with van der Waals surface area (Å²) < 4.78 is 1.73. The fourth-order valence-corrected chi connectivity index (χ4v) is 4.48. The van der Waals surface area contributed by atoms with Gasteiger partial charge in [-0.2, -0.15) is 0 Å². The molecule has 2 atom stereocenters. The first kappa shape index (κ1) is 27.1. The maximum atomic E-state index is 13.7. The quantitative estimate of drug-likeness (QED) is 0.424. The first-order valence-electron chi connectivity index (χ1n) is 13.0. The number of piperidine rings is 1. The zero-order valence-electron chi connectivity index (χ0n) is 22.1. The lowest BCUT2D eigenvalue weighted by Crippen LogP contribution is -2.51. The van der Waals surface area contributed by atoms with Crippen molar-refractivity contribution in [1.29, 1.82) is 0 Å². The SMILES string of the molecule is CC1CCN(C(=O)C(c2ccccc2)n2cnc(NC(=O)[C@H](NC(=O)C(C)(C)N)c3ccccc3)c2)CC1. The van der Waals surface area contributed by atoms with Crippen LogP contribution in [0, 0.1) is 5.92 Å². The van der Waals surface area contributed by atoms with Gasteiger partial charge >= 0.3 is 0 Å². The third-order valence-corrected chi connectivity index (χ3v) is 6.85. The fraction of sp³-hybridized carbons (Fsp3) is 0.379. The van der Waals surface area contributed by atoms with Gasteiger partial charge in [0.25, 0.3) is 5.91 Å². The number of rotatable bonds is 8. The molecule has 200 valence electrons. The van der Waals surface area contributed by atoms with Crippen molar-refractivity contribution in [2.75, 3.05) is 18.4 Å². The van der Waals surface area contributed by atoms with Crippen molar-refractivity contribution in [1.82, 2.24) is 19.8 Å². The minimum atomic E-state index is -1.16. The maximum Gasteiger partial charge on any atom is 0.252 e. The largest absolute Gasteiger partial charge is 0.341 e. The van der Waals surface area contributed by atoms with Crippen LogP contribution in [0.5, 0.6) is 0 Å².